The summed E-state index contributed by atoms with van der Waals surface area (Å²) in [7, 11) is 2.66. The van der Waals surface area contributed by atoms with E-state index in [1.54, 1.807) is 0 Å². The number of ether oxygens (including phenoxy) is 2. The van der Waals surface area contributed by atoms with Crippen LogP contribution in [0.25, 0.3) is 0 Å². The number of carbonyl (C=O) groups excluding carboxylic acids is 2. The maximum absolute atomic E-state index is 13.0. The second kappa shape index (κ2) is 6.82. The molecule has 1 aliphatic heterocycles. The molecule has 0 saturated heterocycles. The van der Waals surface area contributed by atoms with Crippen molar-refractivity contribution in [2.75, 3.05) is 20.8 Å². The van der Waals surface area contributed by atoms with Crippen LogP contribution in [0.5, 0.6) is 0 Å². The second-order valence-electron chi connectivity index (χ2n) is 7.22. The summed E-state index contributed by atoms with van der Waals surface area (Å²) >= 11 is 0. The lowest BCUT2D eigenvalue weighted by molar-refractivity contribution is -0.174. The first kappa shape index (κ1) is 17.7. The van der Waals surface area contributed by atoms with Gasteiger partial charge < -0.3 is 9.47 Å². The molecular formula is C22H23NO4. The van der Waals surface area contributed by atoms with Gasteiger partial charge in [-0.2, -0.15) is 0 Å². The molecular weight excluding hydrogens is 342 g/mol. The molecule has 1 unspecified atom stereocenters. The van der Waals surface area contributed by atoms with Crippen LogP contribution < -0.4 is 0 Å². The van der Waals surface area contributed by atoms with Gasteiger partial charge in [0, 0.05) is 19.5 Å². The van der Waals surface area contributed by atoms with E-state index in [1.165, 1.54) is 25.3 Å². The molecule has 0 N–H and O–H groups in total. The van der Waals surface area contributed by atoms with Crippen LogP contribution in [0.3, 0.4) is 0 Å². The minimum atomic E-state index is -1.38. The number of hydrogen-bond acceptors (Lipinski definition) is 5. The Hall–Kier alpha value is -2.66. The third kappa shape index (κ3) is 2.65. The van der Waals surface area contributed by atoms with Crippen molar-refractivity contribution < 1.29 is 19.1 Å². The average molecular weight is 365 g/mol. The smallest absolute Gasteiger partial charge is 0.325 e. The molecule has 5 heteroatoms. The molecule has 0 aromatic heterocycles. The number of carbonyl (C=O) groups is 2. The maximum Gasteiger partial charge on any atom is 0.325 e. The van der Waals surface area contributed by atoms with Crippen molar-refractivity contribution in [2.45, 2.75) is 25.4 Å². The molecule has 0 radical (unpaired) electrons. The maximum atomic E-state index is 13.0. The fourth-order valence-corrected chi connectivity index (χ4v) is 4.69. The molecule has 0 bridgehead atoms. The first-order valence-electron chi connectivity index (χ1n) is 9.17. The Bertz CT molecular complexity index is 875. The number of nitrogens with zero attached hydrogens (tertiary/aromatic N) is 1. The van der Waals surface area contributed by atoms with Crippen LogP contribution in [0.1, 0.15) is 28.3 Å². The Morgan fingerprint density at radius 2 is 1.52 bits per heavy atom. The van der Waals surface area contributed by atoms with E-state index in [0.717, 1.165) is 24.1 Å². The highest BCUT2D eigenvalue weighted by Gasteiger charge is 2.61. The molecule has 4 rings (SSSR count). The zero-order chi connectivity index (χ0) is 19.0. The van der Waals surface area contributed by atoms with Gasteiger partial charge in [-0.25, -0.2) is 0 Å². The summed E-state index contributed by atoms with van der Waals surface area (Å²) in [6.07, 6.45) is 1.18. The van der Waals surface area contributed by atoms with Crippen molar-refractivity contribution in [1.29, 1.82) is 0 Å². The van der Waals surface area contributed by atoms with Crippen molar-refractivity contribution in [3.8, 4) is 0 Å². The Kier molecular flexibility index (Phi) is 4.48. The third-order valence-electron chi connectivity index (χ3n) is 5.91. The van der Waals surface area contributed by atoms with Gasteiger partial charge in [-0.05, 0) is 28.7 Å². The third-order valence-corrected chi connectivity index (χ3v) is 5.91. The highest BCUT2D eigenvalue weighted by molar-refractivity contribution is 6.02. The zero-order valence-electron chi connectivity index (χ0n) is 15.6. The van der Waals surface area contributed by atoms with Crippen LogP contribution in [-0.2, 0) is 38.4 Å². The largest absolute Gasteiger partial charge is 0.468 e. The van der Waals surface area contributed by atoms with Crippen molar-refractivity contribution in [1.82, 2.24) is 4.90 Å². The summed E-state index contributed by atoms with van der Waals surface area (Å²) in [6.45, 7) is 1.46. The van der Waals surface area contributed by atoms with Crippen LogP contribution >= 0.6 is 0 Å². The quantitative estimate of drug-likeness (QED) is 0.618. The van der Waals surface area contributed by atoms with E-state index in [0.29, 0.717) is 13.0 Å². The Balaban J connectivity index is 1.83. The molecule has 2 aliphatic rings. The van der Waals surface area contributed by atoms with Crippen molar-refractivity contribution in [3.63, 3.8) is 0 Å². The van der Waals surface area contributed by atoms with Gasteiger partial charge in [-0.15, -0.1) is 0 Å². The van der Waals surface area contributed by atoms with Crippen molar-refractivity contribution in [2.24, 2.45) is 5.41 Å². The van der Waals surface area contributed by atoms with E-state index in [1.807, 2.05) is 36.4 Å². The predicted octanol–water partition coefficient (Wildman–Crippen LogP) is 2.67. The number of methoxy groups -OCH3 is 2. The van der Waals surface area contributed by atoms with Gasteiger partial charge in [0.2, 0.25) is 0 Å². The van der Waals surface area contributed by atoms with Gasteiger partial charge in [0.15, 0.2) is 5.41 Å². The topological polar surface area (TPSA) is 55.8 Å². The summed E-state index contributed by atoms with van der Waals surface area (Å²) in [5, 5.41) is 0. The van der Waals surface area contributed by atoms with E-state index in [-0.39, 0.29) is 0 Å². The van der Waals surface area contributed by atoms with Crippen LogP contribution in [0.15, 0.2) is 48.5 Å². The number of esters is 2. The highest BCUT2D eigenvalue weighted by atomic mass is 16.5. The normalized spacial score (nSPS) is 20.4. The lowest BCUT2D eigenvalue weighted by Gasteiger charge is -2.40. The molecule has 1 heterocycles. The highest BCUT2D eigenvalue weighted by Crippen LogP contribution is 2.51. The molecule has 27 heavy (non-hydrogen) atoms. The first-order valence-corrected chi connectivity index (χ1v) is 9.17. The number of rotatable bonds is 3. The molecule has 0 fully saturated rings. The molecule has 2 aromatic rings. The van der Waals surface area contributed by atoms with Crippen molar-refractivity contribution in [3.05, 3.63) is 70.8 Å². The summed E-state index contributed by atoms with van der Waals surface area (Å²) in [6, 6.07) is 15.8. The van der Waals surface area contributed by atoms with E-state index in [9.17, 15) is 9.59 Å². The van der Waals surface area contributed by atoms with Crippen molar-refractivity contribution >= 4 is 11.9 Å². The zero-order valence-corrected chi connectivity index (χ0v) is 15.6. The number of benzene rings is 2. The van der Waals surface area contributed by atoms with Gasteiger partial charge >= 0.3 is 11.9 Å². The SMILES string of the molecule is COC(=O)C1(C(=O)OC)Cc2ccccc2C1N1CCc2ccccc2C1. The lowest BCUT2D eigenvalue weighted by atomic mass is 9.78. The van der Waals surface area contributed by atoms with Gasteiger partial charge in [0.25, 0.3) is 0 Å². The van der Waals surface area contributed by atoms with Gasteiger partial charge in [0.05, 0.1) is 20.3 Å². The summed E-state index contributed by atoms with van der Waals surface area (Å²) < 4.78 is 10.2. The molecule has 0 saturated carbocycles. The predicted molar refractivity (Wildman–Crippen MR) is 99.9 cm³/mol. The Labute approximate surface area is 158 Å². The summed E-state index contributed by atoms with van der Waals surface area (Å²) in [4.78, 5) is 28.1. The van der Waals surface area contributed by atoms with Gasteiger partial charge in [0.1, 0.15) is 0 Å². The van der Waals surface area contributed by atoms with E-state index >= 15 is 0 Å². The molecule has 140 valence electrons. The van der Waals surface area contributed by atoms with Crippen LogP contribution in [-0.4, -0.2) is 37.6 Å². The fraction of sp³-hybridized carbons (Fsp3) is 0.364. The minimum Gasteiger partial charge on any atom is -0.468 e. The minimum absolute atomic E-state index is 0.297. The second-order valence-corrected chi connectivity index (χ2v) is 7.22. The summed E-state index contributed by atoms with van der Waals surface area (Å²) in [5.41, 5.74) is 3.18. The van der Waals surface area contributed by atoms with Gasteiger partial charge in [-0.3, -0.25) is 14.5 Å². The van der Waals surface area contributed by atoms with Crippen LogP contribution in [0, 0.1) is 5.41 Å². The number of fused-ring (bicyclic) bond motifs is 2. The summed E-state index contributed by atoms with van der Waals surface area (Å²) in [5.74, 6) is -1.07. The van der Waals surface area contributed by atoms with E-state index < -0.39 is 23.4 Å². The van der Waals surface area contributed by atoms with Gasteiger partial charge in [-0.1, -0.05) is 48.5 Å². The standard InChI is InChI=1S/C22H23NO4/c1-26-20(24)22(21(25)27-2)13-16-8-5-6-10-18(16)19(22)23-12-11-15-7-3-4-9-17(15)14-23/h3-10,19H,11-14H2,1-2H3. The monoisotopic (exact) mass is 365 g/mol. The molecule has 1 aliphatic carbocycles. The Morgan fingerprint density at radius 3 is 2.19 bits per heavy atom. The fourth-order valence-electron chi connectivity index (χ4n) is 4.69. The van der Waals surface area contributed by atoms with E-state index in [4.69, 9.17) is 9.47 Å². The molecule has 2 aromatic carbocycles. The molecule has 0 amide bonds. The molecule has 1 atom stereocenters. The molecule has 0 spiro atoms. The first-order chi connectivity index (χ1) is 13.1. The van der Waals surface area contributed by atoms with Crippen LogP contribution in [0.4, 0.5) is 0 Å². The lowest BCUT2D eigenvalue weighted by Crippen LogP contribution is -2.51. The number of hydrogen-bond donors (Lipinski definition) is 0. The van der Waals surface area contributed by atoms with E-state index in [2.05, 4.69) is 17.0 Å². The molecule has 5 nitrogen and oxygen atoms in total. The average Bonchev–Trinajstić information content (AvgIpc) is 3.08. The van der Waals surface area contributed by atoms with Crippen LogP contribution in [0.2, 0.25) is 0 Å². The Morgan fingerprint density at radius 1 is 0.926 bits per heavy atom.